The molecule has 0 bridgehead atoms. The molecule has 0 aromatic carbocycles. The highest BCUT2D eigenvalue weighted by Crippen LogP contribution is 2.23. The van der Waals surface area contributed by atoms with Crippen molar-refractivity contribution in [2.24, 2.45) is 0 Å². The molecule has 2 aromatic heterocycles. The Kier molecular flexibility index (Phi) is 4.81. The number of halogens is 3. The largest absolute Gasteiger partial charge is 0.468 e. The summed E-state index contributed by atoms with van der Waals surface area (Å²) in [5.41, 5.74) is 2.73. The predicted octanol–water partition coefficient (Wildman–Crippen LogP) is 3.03. The van der Waals surface area contributed by atoms with E-state index >= 15 is 0 Å². The summed E-state index contributed by atoms with van der Waals surface area (Å²) in [5, 5.41) is 0. The van der Waals surface area contributed by atoms with Crippen LogP contribution in [0.25, 0.3) is 0 Å². The number of nitrogens with one attached hydrogen (secondary N) is 1. The van der Waals surface area contributed by atoms with Crippen LogP contribution in [0.5, 0.6) is 5.88 Å². The number of ether oxygens (including phenoxy) is 1. The van der Waals surface area contributed by atoms with Crippen LogP contribution in [0, 0.1) is 4.77 Å². The van der Waals surface area contributed by atoms with E-state index < -0.39 is 12.8 Å². The summed E-state index contributed by atoms with van der Waals surface area (Å²) in [5.74, 6) is 0.0196. The normalized spacial score (nSPS) is 15.1. The molecule has 0 spiro atoms. The number of aromatic nitrogens is 3. The molecule has 3 rings (SSSR count). The molecule has 0 saturated heterocycles. The SMILES string of the molecule is FC(F)(F)COc1ncccc1CN1CCc2[nH]c(=S)ncc2C1. The minimum atomic E-state index is -4.39. The first-order chi connectivity index (χ1) is 11.4. The average molecular weight is 356 g/mol. The Morgan fingerprint density at radius 1 is 1.33 bits per heavy atom. The average Bonchev–Trinajstić information content (AvgIpc) is 2.53. The van der Waals surface area contributed by atoms with Gasteiger partial charge in [-0.1, -0.05) is 6.07 Å². The highest BCUT2D eigenvalue weighted by atomic mass is 32.1. The van der Waals surface area contributed by atoms with Crippen LogP contribution in [-0.2, 0) is 19.5 Å². The van der Waals surface area contributed by atoms with Gasteiger partial charge >= 0.3 is 6.18 Å². The lowest BCUT2D eigenvalue weighted by molar-refractivity contribution is -0.154. The Labute approximate surface area is 141 Å². The van der Waals surface area contributed by atoms with Gasteiger partial charge in [0.1, 0.15) is 0 Å². The zero-order valence-electron chi connectivity index (χ0n) is 12.6. The van der Waals surface area contributed by atoms with Crippen LogP contribution >= 0.6 is 12.2 Å². The quantitative estimate of drug-likeness (QED) is 0.854. The van der Waals surface area contributed by atoms with Gasteiger partial charge in [0.25, 0.3) is 0 Å². The summed E-state index contributed by atoms with van der Waals surface area (Å²) in [7, 11) is 0. The second-order valence-electron chi connectivity index (χ2n) is 5.52. The number of hydrogen-bond acceptors (Lipinski definition) is 5. The monoisotopic (exact) mass is 356 g/mol. The van der Waals surface area contributed by atoms with Crippen LogP contribution in [0.4, 0.5) is 13.2 Å². The van der Waals surface area contributed by atoms with Crippen molar-refractivity contribution >= 4 is 12.2 Å². The van der Waals surface area contributed by atoms with Gasteiger partial charge in [0.15, 0.2) is 11.4 Å². The molecule has 1 aliphatic heterocycles. The van der Waals surface area contributed by atoms with Crippen LogP contribution in [0.1, 0.15) is 16.8 Å². The fourth-order valence-electron chi connectivity index (χ4n) is 2.61. The van der Waals surface area contributed by atoms with E-state index in [1.165, 1.54) is 6.20 Å². The van der Waals surface area contributed by atoms with E-state index in [0.29, 0.717) is 23.4 Å². The second kappa shape index (κ2) is 6.86. The molecule has 1 aliphatic rings. The lowest BCUT2D eigenvalue weighted by Gasteiger charge is -2.28. The number of aromatic amines is 1. The first kappa shape index (κ1) is 16.8. The van der Waals surface area contributed by atoms with Gasteiger partial charge in [0.2, 0.25) is 5.88 Å². The van der Waals surface area contributed by atoms with Crippen molar-refractivity contribution in [2.45, 2.75) is 25.7 Å². The van der Waals surface area contributed by atoms with Crippen LogP contribution < -0.4 is 4.74 Å². The first-order valence-electron chi connectivity index (χ1n) is 7.33. The fraction of sp³-hybridized carbons (Fsp3) is 0.400. The molecular formula is C15H15F3N4OS. The molecule has 2 aromatic rings. The molecule has 0 saturated carbocycles. The Bertz CT molecular complexity index is 778. The van der Waals surface area contributed by atoms with Crippen LogP contribution in [0.2, 0.25) is 0 Å². The number of alkyl halides is 3. The minimum absolute atomic E-state index is 0.0196. The molecule has 3 heterocycles. The van der Waals surface area contributed by atoms with Gasteiger partial charge in [0, 0.05) is 55.3 Å². The molecule has 0 amide bonds. The number of rotatable bonds is 4. The van der Waals surface area contributed by atoms with E-state index in [4.69, 9.17) is 17.0 Å². The zero-order valence-corrected chi connectivity index (χ0v) is 13.5. The molecule has 9 heteroatoms. The van der Waals surface area contributed by atoms with Crippen molar-refractivity contribution in [3.8, 4) is 5.88 Å². The maximum atomic E-state index is 12.3. The van der Waals surface area contributed by atoms with E-state index in [1.807, 2.05) is 0 Å². The standard InChI is InChI=1S/C15H15F3N4OS/c16-15(17,18)9-23-13-10(2-1-4-19-13)7-22-5-3-12-11(8-22)6-20-14(24)21-12/h1-2,4,6H,3,5,7-9H2,(H,20,21,24). The lowest BCUT2D eigenvalue weighted by Crippen LogP contribution is -2.31. The number of hydrogen-bond donors (Lipinski definition) is 1. The van der Waals surface area contributed by atoms with Crippen molar-refractivity contribution in [1.29, 1.82) is 0 Å². The summed E-state index contributed by atoms with van der Waals surface area (Å²) in [6, 6.07) is 3.41. The van der Waals surface area contributed by atoms with Gasteiger partial charge in [-0.15, -0.1) is 0 Å². The summed E-state index contributed by atoms with van der Waals surface area (Å²) in [6.07, 6.45) is -0.446. The van der Waals surface area contributed by atoms with Gasteiger partial charge in [-0.2, -0.15) is 13.2 Å². The Morgan fingerprint density at radius 2 is 2.17 bits per heavy atom. The fourth-order valence-corrected chi connectivity index (χ4v) is 2.78. The maximum Gasteiger partial charge on any atom is 0.422 e. The zero-order chi connectivity index (χ0) is 17.2. The topological polar surface area (TPSA) is 54.0 Å². The molecule has 24 heavy (non-hydrogen) atoms. The Balaban J connectivity index is 1.71. The lowest BCUT2D eigenvalue weighted by atomic mass is 10.1. The molecule has 5 nitrogen and oxygen atoms in total. The van der Waals surface area contributed by atoms with Crippen LogP contribution in [0.3, 0.4) is 0 Å². The number of pyridine rings is 1. The van der Waals surface area contributed by atoms with Crippen molar-refractivity contribution in [2.75, 3.05) is 13.2 Å². The van der Waals surface area contributed by atoms with Gasteiger partial charge < -0.3 is 9.72 Å². The molecule has 0 atom stereocenters. The summed E-state index contributed by atoms with van der Waals surface area (Å²) in [4.78, 5) is 13.2. The highest BCUT2D eigenvalue weighted by Gasteiger charge is 2.29. The number of fused-ring (bicyclic) bond motifs is 1. The molecule has 128 valence electrons. The number of nitrogens with zero attached hydrogens (tertiary/aromatic N) is 3. The van der Waals surface area contributed by atoms with Crippen molar-refractivity contribution < 1.29 is 17.9 Å². The predicted molar refractivity (Wildman–Crippen MR) is 83.0 cm³/mol. The van der Waals surface area contributed by atoms with E-state index in [9.17, 15) is 13.2 Å². The Morgan fingerprint density at radius 3 is 2.96 bits per heavy atom. The van der Waals surface area contributed by atoms with Gasteiger partial charge in [0.05, 0.1) is 0 Å². The minimum Gasteiger partial charge on any atom is -0.468 e. The summed E-state index contributed by atoms with van der Waals surface area (Å²) >= 11 is 5.01. The van der Waals surface area contributed by atoms with Gasteiger partial charge in [-0.25, -0.2) is 9.97 Å². The van der Waals surface area contributed by atoms with Crippen molar-refractivity contribution in [3.05, 3.63) is 46.1 Å². The van der Waals surface area contributed by atoms with Crippen LogP contribution in [0.15, 0.2) is 24.5 Å². The molecule has 1 N–H and O–H groups in total. The van der Waals surface area contributed by atoms with Crippen molar-refractivity contribution in [1.82, 2.24) is 19.9 Å². The highest BCUT2D eigenvalue weighted by molar-refractivity contribution is 7.71. The third-order valence-electron chi connectivity index (χ3n) is 3.67. The van der Waals surface area contributed by atoms with Crippen molar-refractivity contribution in [3.63, 3.8) is 0 Å². The molecule has 0 radical (unpaired) electrons. The van der Waals surface area contributed by atoms with Gasteiger partial charge in [-0.05, 0) is 18.3 Å². The van der Waals surface area contributed by atoms with Gasteiger partial charge in [-0.3, -0.25) is 4.90 Å². The van der Waals surface area contributed by atoms with E-state index in [0.717, 1.165) is 24.2 Å². The van der Waals surface area contributed by atoms with E-state index in [2.05, 4.69) is 19.9 Å². The summed E-state index contributed by atoms with van der Waals surface area (Å²) in [6.45, 7) is 0.508. The molecule has 0 aliphatic carbocycles. The maximum absolute atomic E-state index is 12.3. The van der Waals surface area contributed by atoms with E-state index in [-0.39, 0.29) is 5.88 Å². The Hall–Kier alpha value is -2.00. The first-order valence-corrected chi connectivity index (χ1v) is 7.74. The third kappa shape index (κ3) is 4.30. The van der Waals surface area contributed by atoms with E-state index in [1.54, 1.807) is 18.3 Å². The molecule has 0 unspecified atom stereocenters. The molecular weight excluding hydrogens is 341 g/mol. The second-order valence-corrected chi connectivity index (χ2v) is 5.91. The third-order valence-corrected chi connectivity index (χ3v) is 3.88. The smallest absolute Gasteiger partial charge is 0.422 e. The summed E-state index contributed by atoms with van der Waals surface area (Å²) < 4.78 is 42.3. The molecule has 0 fully saturated rings. The van der Waals surface area contributed by atoms with Crippen LogP contribution in [-0.4, -0.2) is 39.2 Å². The number of H-pyrrole nitrogens is 1.